The Morgan fingerprint density at radius 3 is 2.35 bits per heavy atom. The van der Waals surface area contributed by atoms with Crippen LogP contribution in [0, 0.1) is 12.8 Å². The van der Waals surface area contributed by atoms with E-state index in [-0.39, 0.29) is 25.0 Å². The summed E-state index contributed by atoms with van der Waals surface area (Å²) in [7, 11) is 0. The minimum absolute atomic E-state index is 0.0281. The fourth-order valence-corrected chi connectivity index (χ4v) is 3.12. The first-order chi connectivity index (χ1) is 14.8. The number of hydrogen-bond donors (Lipinski definition) is 2. The summed E-state index contributed by atoms with van der Waals surface area (Å²) in [4.78, 5) is 36.9. The standard InChI is InChI=1S/C24H29ClN2O4/c1-16(2)22(27-23(29)19-6-4-5-7-20(19)25)24(30)31-15-14-26-21(28)13-12-18-10-8-17(3)9-11-18/h4-11,16,22H,12-15H2,1-3H3,(H,26,28)(H,27,29). The Morgan fingerprint density at radius 2 is 1.71 bits per heavy atom. The first-order valence-electron chi connectivity index (χ1n) is 10.3. The third kappa shape index (κ3) is 8.06. The van der Waals surface area contributed by atoms with E-state index in [4.69, 9.17) is 16.3 Å². The van der Waals surface area contributed by atoms with Gasteiger partial charge in [0.15, 0.2) is 0 Å². The van der Waals surface area contributed by atoms with Gasteiger partial charge < -0.3 is 15.4 Å². The molecule has 2 aromatic rings. The van der Waals surface area contributed by atoms with Gasteiger partial charge in [0, 0.05) is 6.42 Å². The highest BCUT2D eigenvalue weighted by Gasteiger charge is 2.26. The highest BCUT2D eigenvalue weighted by atomic mass is 35.5. The summed E-state index contributed by atoms with van der Waals surface area (Å²) in [6.07, 6.45) is 1.01. The zero-order valence-electron chi connectivity index (χ0n) is 18.1. The van der Waals surface area contributed by atoms with Gasteiger partial charge in [0.1, 0.15) is 12.6 Å². The van der Waals surface area contributed by atoms with Gasteiger partial charge in [-0.1, -0.05) is 67.4 Å². The van der Waals surface area contributed by atoms with Crippen LogP contribution in [0.4, 0.5) is 0 Å². The molecule has 2 N–H and O–H groups in total. The molecule has 0 saturated carbocycles. The lowest BCUT2D eigenvalue weighted by molar-refractivity contribution is -0.147. The van der Waals surface area contributed by atoms with Crippen LogP contribution in [0.2, 0.25) is 5.02 Å². The molecule has 0 saturated heterocycles. The molecule has 0 aliphatic rings. The lowest BCUT2D eigenvalue weighted by Crippen LogP contribution is -2.46. The monoisotopic (exact) mass is 444 g/mol. The predicted octanol–water partition coefficient (Wildman–Crippen LogP) is 3.70. The van der Waals surface area contributed by atoms with Crippen LogP contribution in [0.1, 0.15) is 41.8 Å². The molecular formula is C24H29ClN2O4. The van der Waals surface area contributed by atoms with E-state index in [1.54, 1.807) is 24.3 Å². The molecule has 0 aromatic heterocycles. The van der Waals surface area contributed by atoms with Gasteiger partial charge in [-0.2, -0.15) is 0 Å². The second-order valence-corrected chi connectivity index (χ2v) is 8.09. The van der Waals surface area contributed by atoms with Crippen molar-refractivity contribution < 1.29 is 19.1 Å². The lowest BCUT2D eigenvalue weighted by atomic mass is 10.0. The van der Waals surface area contributed by atoms with Crippen molar-refractivity contribution in [3.63, 3.8) is 0 Å². The quantitative estimate of drug-likeness (QED) is 0.432. The molecule has 1 unspecified atom stereocenters. The number of ether oxygens (including phenoxy) is 1. The Balaban J connectivity index is 1.74. The third-order valence-electron chi connectivity index (χ3n) is 4.76. The maximum Gasteiger partial charge on any atom is 0.328 e. The minimum atomic E-state index is -0.819. The van der Waals surface area contributed by atoms with Crippen LogP contribution in [-0.4, -0.2) is 37.0 Å². The molecule has 2 rings (SSSR count). The molecule has 31 heavy (non-hydrogen) atoms. The number of nitrogens with one attached hydrogen (secondary N) is 2. The van der Waals surface area contributed by atoms with Crippen molar-refractivity contribution >= 4 is 29.4 Å². The first-order valence-corrected chi connectivity index (χ1v) is 10.7. The summed E-state index contributed by atoms with van der Waals surface area (Å²) < 4.78 is 5.26. The summed E-state index contributed by atoms with van der Waals surface area (Å²) >= 11 is 6.05. The van der Waals surface area contributed by atoms with Gasteiger partial charge in [0.25, 0.3) is 5.91 Å². The van der Waals surface area contributed by atoms with Gasteiger partial charge in [-0.3, -0.25) is 9.59 Å². The normalized spacial score (nSPS) is 11.6. The molecule has 0 bridgehead atoms. The van der Waals surface area contributed by atoms with E-state index in [1.807, 2.05) is 45.0 Å². The number of aryl methyl sites for hydroxylation is 2. The van der Waals surface area contributed by atoms with Gasteiger partial charge in [-0.05, 0) is 37.0 Å². The number of amides is 2. The van der Waals surface area contributed by atoms with E-state index >= 15 is 0 Å². The highest BCUT2D eigenvalue weighted by molar-refractivity contribution is 6.33. The molecule has 0 spiro atoms. The maximum absolute atomic E-state index is 12.5. The number of hydrogen-bond acceptors (Lipinski definition) is 4. The predicted molar refractivity (Wildman–Crippen MR) is 121 cm³/mol. The number of carbonyl (C=O) groups is 3. The smallest absolute Gasteiger partial charge is 0.328 e. The van der Waals surface area contributed by atoms with Crippen LogP contribution < -0.4 is 10.6 Å². The Bertz CT molecular complexity index is 897. The zero-order chi connectivity index (χ0) is 22.8. The lowest BCUT2D eigenvalue weighted by Gasteiger charge is -2.21. The molecule has 0 aliphatic heterocycles. The van der Waals surface area contributed by atoms with E-state index < -0.39 is 17.9 Å². The zero-order valence-corrected chi connectivity index (χ0v) is 18.9. The highest BCUT2D eigenvalue weighted by Crippen LogP contribution is 2.15. The van der Waals surface area contributed by atoms with E-state index in [0.717, 1.165) is 5.56 Å². The number of esters is 1. The van der Waals surface area contributed by atoms with Gasteiger partial charge in [-0.15, -0.1) is 0 Å². The van der Waals surface area contributed by atoms with Gasteiger partial charge in [0.05, 0.1) is 17.1 Å². The minimum Gasteiger partial charge on any atom is -0.462 e. The third-order valence-corrected chi connectivity index (χ3v) is 5.09. The van der Waals surface area contributed by atoms with Crippen molar-refractivity contribution in [3.8, 4) is 0 Å². The Labute approximate surface area is 188 Å². The molecule has 0 fully saturated rings. The molecule has 7 heteroatoms. The molecule has 0 heterocycles. The van der Waals surface area contributed by atoms with Crippen molar-refractivity contribution in [1.82, 2.24) is 10.6 Å². The number of benzene rings is 2. The second kappa shape index (κ2) is 12.1. The summed E-state index contributed by atoms with van der Waals surface area (Å²) in [6.45, 7) is 5.88. The number of halogens is 1. The van der Waals surface area contributed by atoms with Crippen LogP contribution >= 0.6 is 11.6 Å². The molecule has 0 aliphatic carbocycles. The first kappa shape index (κ1) is 24.4. The summed E-state index contributed by atoms with van der Waals surface area (Å²) in [6, 6.07) is 13.9. The van der Waals surface area contributed by atoms with E-state index in [2.05, 4.69) is 10.6 Å². The Morgan fingerprint density at radius 1 is 1.03 bits per heavy atom. The van der Waals surface area contributed by atoms with E-state index in [9.17, 15) is 14.4 Å². The summed E-state index contributed by atoms with van der Waals surface area (Å²) in [5.74, 6) is -1.28. The fraction of sp³-hybridized carbons (Fsp3) is 0.375. The van der Waals surface area contributed by atoms with Crippen molar-refractivity contribution in [3.05, 3.63) is 70.2 Å². The average molecular weight is 445 g/mol. The SMILES string of the molecule is Cc1ccc(CCC(=O)NCCOC(=O)C(NC(=O)c2ccccc2Cl)C(C)C)cc1. The Hall–Kier alpha value is -2.86. The molecule has 2 amide bonds. The molecule has 166 valence electrons. The van der Waals surface area contributed by atoms with E-state index in [0.29, 0.717) is 23.4 Å². The van der Waals surface area contributed by atoms with E-state index in [1.165, 1.54) is 5.56 Å². The largest absolute Gasteiger partial charge is 0.462 e. The van der Waals surface area contributed by atoms with Crippen molar-refractivity contribution in [1.29, 1.82) is 0 Å². The maximum atomic E-state index is 12.5. The molecular weight excluding hydrogens is 416 g/mol. The van der Waals surface area contributed by atoms with Gasteiger partial charge in [0.2, 0.25) is 5.91 Å². The summed E-state index contributed by atoms with van der Waals surface area (Å²) in [5.41, 5.74) is 2.57. The van der Waals surface area contributed by atoms with Crippen LogP contribution in [0.25, 0.3) is 0 Å². The van der Waals surface area contributed by atoms with Crippen molar-refractivity contribution in [2.75, 3.05) is 13.2 Å². The van der Waals surface area contributed by atoms with Crippen molar-refractivity contribution in [2.24, 2.45) is 5.92 Å². The van der Waals surface area contributed by atoms with Crippen LogP contribution in [0.15, 0.2) is 48.5 Å². The van der Waals surface area contributed by atoms with Crippen LogP contribution in [0.5, 0.6) is 0 Å². The van der Waals surface area contributed by atoms with Crippen molar-refractivity contribution in [2.45, 2.75) is 39.7 Å². The van der Waals surface area contributed by atoms with Crippen LogP contribution in [0.3, 0.4) is 0 Å². The topological polar surface area (TPSA) is 84.5 Å². The summed E-state index contributed by atoms with van der Waals surface area (Å²) in [5, 5.41) is 5.73. The van der Waals surface area contributed by atoms with Crippen LogP contribution in [-0.2, 0) is 20.7 Å². The second-order valence-electron chi connectivity index (χ2n) is 7.68. The molecule has 2 aromatic carbocycles. The average Bonchev–Trinajstić information content (AvgIpc) is 2.74. The Kier molecular flexibility index (Phi) is 9.53. The molecule has 1 atom stereocenters. The fourth-order valence-electron chi connectivity index (χ4n) is 2.89. The molecule has 0 radical (unpaired) electrons. The number of rotatable bonds is 10. The molecule has 6 nitrogen and oxygen atoms in total. The van der Waals surface area contributed by atoms with Gasteiger partial charge >= 0.3 is 5.97 Å². The number of carbonyl (C=O) groups excluding carboxylic acids is 3. The van der Waals surface area contributed by atoms with Gasteiger partial charge in [-0.25, -0.2) is 4.79 Å².